The summed E-state index contributed by atoms with van der Waals surface area (Å²) in [5, 5.41) is 10.6. The number of nitro groups is 1. The Kier molecular flexibility index (Phi) is 4.66. The fraction of sp³-hybridized carbons (Fsp3) is 0.143. The molecule has 0 aliphatic heterocycles. The topological polar surface area (TPSA) is 86.5 Å². The zero-order valence-corrected chi connectivity index (χ0v) is 11.9. The molecule has 0 heterocycles. The van der Waals surface area contributed by atoms with Crippen molar-refractivity contribution in [3.8, 4) is 5.75 Å². The molecule has 0 aromatic heterocycles. The normalized spacial score (nSPS) is 11.6. The van der Waals surface area contributed by atoms with Gasteiger partial charge in [0.15, 0.2) is 0 Å². The number of ether oxygens (including phenoxy) is 1. The maximum atomic E-state index is 12.1. The zero-order chi connectivity index (χ0) is 14.1. The Hall–Kier alpha value is -0.750. The van der Waals surface area contributed by atoms with Gasteiger partial charge < -0.3 is 4.74 Å². The fourth-order valence-corrected chi connectivity index (χ4v) is 3.66. The van der Waals surface area contributed by atoms with Gasteiger partial charge in [-0.25, -0.2) is 8.42 Å². The van der Waals surface area contributed by atoms with Crippen LogP contribution in [0.1, 0.15) is 0 Å². The second kappa shape index (κ2) is 5.48. The number of nitrogens with zero attached hydrogens (tertiary/aromatic N) is 1. The van der Waals surface area contributed by atoms with E-state index in [0.29, 0.717) is 12.1 Å². The summed E-state index contributed by atoms with van der Waals surface area (Å²) < 4.78 is 50.2. The third kappa shape index (κ3) is 3.62. The summed E-state index contributed by atoms with van der Waals surface area (Å²) >= 11 is 1.40. The van der Waals surface area contributed by atoms with E-state index in [1.54, 1.807) is 0 Å². The van der Waals surface area contributed by atoms with Gasteiger partial charge in [0.1, 0.15) is 10.6 Å². The summed E-state index contributed by atoms with van der Waals surface area (Å²) in [6, 6.07) is 1.36. The molecular formula is C7H3ClF2INO5S. The first kappa shape index (κ1) is 15.3. The van der Waals surface area contributed by atoms with Gasteiger partial charge in [0.2, 0.25) is 0 Å². The number of nitro benzene ring substituents is 1. The van der Waals surface area contributed by atoms with Crippen molar-refractivity contribution in [2.75, 3.05) is 0 Å². The number of rotatable bonds is 4. The molecule has 11 heteroatoms. The minimum atomic E-state index is -4.31. The molecule has 6 nitrogen and oxygen atoms in total. The summed E-state index contributed by atoms with van der Waals surface area (Å²) in [6.45, 7) is -3.24. The van der Waals surface area contributed by atoms with Gasteiger partial charge >= 0.3 is 6.61 Å². The summed E-state index contributed by atoms with van der Waals surface area (Å²) in [4.78, 5) is 8.95. The number of non-ortho nitro benzene ring substituents is 1. The molecule has 0 aliphatic rings. The molecule has 0 aliphatic carbocycles. The van der Waals surface area contributed by atoms with Gasteiger partial charge in [-0.05, 0) is 22.6 Å². The van der Waals surface area contributed by atoms with Crippen molar-refractivity contribution < 1.29 is 26.9 Å². The summed E-state index contributed by atoms with van der Waals surface area (Å²) in [5.74, 6) is -0.626. The van der Waals surface area contributed by atoms with Gasteiger partial charge in [-0.15, -0.1) is 0 Å². The van der Waals surface area contributed by atoms with Crippen LogP contribution in [-0.4, -0.2) is 20.0 Å². The van der Waals surface area contributed by atoms with Crippen molar-refractivity contribution >= 4 is 48.0 Å². The molecule has 0 saturated heterocycles. The third-order valence-electron chi connectivity index (χ3n) is 1.68. The minimum absolute atomic E-state index is 0.256. The predicted molar refractivity (Wildman–Crippen MR) is 65.5 cm³/mol. The van der Waals surface area contributed by atoms with E-state index < -0.39 is 36.9 Å². The number of hydrogen-bond acceptors (Lipinski definition) is 5. The highest BCUT2D eigenvalue weighted by atomic mass is 127. The number of benzene rings is 1. The van der Waals surface area contributed by atoms with Gasteiger partial charge in [-0.3, -0.25) is 10.1 Å². The van der Waals surface area contributed by atoms with Crippen molar-refractivity contribution in [1.82, 2.24) is 0 Å². The van der Waals surface area contributed by atoms with Gasteiger partial charge in [0.25, 0.3) is 14.7 Å². The predicted octanol–water partition coefficient (Wildman–Crippen LogP) is 2.73. The number of hydrogen-bond donors (Lipinski definition) is 0. The van der Waals surface area contributed by atoms with E-state index >= 15 is 0 Å². The second-order valence-corrected chi connectivity index (χ2v) is 6.44. The lowest BCUT2D eigenvalue weighted by Gasteiger charge is -2.09. The average molecular weight is 414 g/mol. The Labute approximate surface area is 118 Å². The molecule has 0 bridgehead atoms. The molecule has 0 unspecified atom stereocenters. The molecule has 1 rings (SSSR count). The van der Waals surface area contributed by atoms with Gasteiger partial charge in [0.05, 0.1) is 14.6 Å². The maximum Gasteiger partial charge on any atom is 0.387 e. The Balaban J connectivity index is 3.53. The first-order valence-corrected chi connectivity index (χ1v) is 7.39. The highest BCUT2D eigenvalue weighted by molar-refractivity contribution is 14.1. The van der Waals surface area contributed by atoms with Crippen molar-refractivity contribution in [3.05, 3.63) is 25.8 Å². The molecule has 18 heavy (non-hydrogen) atoms. The third-order valence-corrected chi connectivity index (χ3v) is 4.50. The summed E-state index contributed by atoms with van der Waals surface area (Å²) in [5.41, 5.74) is -0.717. The van der Waals surface area contributed by atoms with Crippen LogP contribution in [0.3, 0.4) is 0 Å². The van der Waals surface area contributed by atoms with Crippen molar-refractivity contribution in [2.24, 2.45) is 0 Å². The molecule has 0 atom stereocenters. The van der Waals surface area contributed by atoms with Crippen molar-refractivity contribution in [3.63, 3.8) is 0 Å². The second-order valence-electron chi connectivity index (χ2n) is 2.83. The first-order valence-electron chi connectivity index (χ1n) is 4.00. The van der Waals surface area contributed by atoms with E-state index in [-0.39, 0.29) is 3.57 Å². The van der Waals surface area contributed by atoms with E-state index in [0.717, 1.165) is 0 Å². The Morgan fingerprint density at radius 2 is 2.00 bits per heavy atom. The summed E-state index contributed by atoms with van der Waals surface area (Å²) in [6.07, 6.45) is 0. The summed E-state index contributed by atoms with van der Waals surface area (Å²) in [7, 11) is 0.738. The van der Waals surface area contributed by atoms with Crippen LogP contribution in [0.15, 0.2) is 17.0 Å². The van der Waals surface area contributed by atoms with Gasteiger partial charge in [-0.2, -0.15) is 8.78 Å². The lowest BCUT2D eigenvalue weighted by atomic mass is 10.3. The molecule has 1 aromatic carbocycles. The SMILES string of the molecule is O=[N+]([O-])c1cc(OC(F)F)c(I)c(S(=O)(=O)Cl)c1. The molecule has 0 radical (unpaired) electrons. The molecule has 0 spiro atoms. The van der Waals surface area contributed by atoms with E-state index in [4.69, 9.17) is 10.7 Å². The lowest BCUT2D eigenvalue weighted by molar-refractivity contribution is -0.385. The smallest absolute Gasteiger partial charge is 0.387 e. The van der Waals surface area contributed by atoms with Crippen LogP contribution in [0, 0.1) is 13.7 Å². The minimum Gasteiger partial charge on any atom is -0.433 e. The molecule has 0 fully saturated rings. The molecule has 1 aromatic rings. The van der Waals surface area contributed by atoms with E-state index in [1.165, 1.54) is 22.6 Å². The standard InChI is InChI=1S/C7H3ClF2INO5S/c8-18(15,16)5-2-3(12(13)14)1-4(6(5)11)17-7(9)10/h1-2,7H. The van der Waals surface area contributed by atoms with Gasteiger partial charge in [-0.1, -0.05) is 0 Å². The Morgan fingerprint density at radius 1 is 1.44 bits per heavy atom. The molecular weight excluding hydrogens is 410 g/mol. The number of alkyl halides is 2. The fourth-order valence-electron chi connectivity index (χ4n) is 1.02. The van der Waals surface area contributed by atoms with Crippen LogP contribution < -0.4 is 4.74 Å². The lowest BCUT2D eigenvalue weighted by Crippen LogP contribution is -2.06. The quantitative estimate of drug-likeness (QED) is 0.328. The monoisotopic (exact) mass is 413 g/mol. The highest BCUT2D eigenvalue weighted by Gasteiger charge is 2.24. The molecule has 0 saturated carbocycles. The van der Waals surface area contributed by atoms with Crippen molar-refractivity contribution in [2.45, 2.75) is 11.5 Å². The highest BCUT2D eigenvalue weighted by Crippen LogP contribution is 2.35. The van der Waals surface area contributed by atoms with Crippen LogP contribution in [0.4, 0.5) is 14.5 Å². The molecule has 0 amide bonds. The van der Waals surface area contributed by atoms with Crippen LogP contribution in [0.25, 0.3) is 0 Å². The number of halogens is 4. The Morgan fingerprint density at radius 3 is 2.39 bits per heavy atom. The zero-order valence-electron chi connectivity index (χ0n) is 8.14. The first-order chi connectivity index (χ1) is 8.12. The van der Waals surface area contributed by atoms with Crippen LogP contribution in [-0.2, 0) is 9.05 Å². The van der Waals surface area contributed by atoms with Crippen molar-refractivity contribution in [1.29, 1.82) is 0 Å². The van der Waals surface area contributed by atoms with E-state index in [2.05, 4.69) is 4.74 Å². The van der Waals surface area contributed by atoms with Crippen LogP contribution >= 0.6 is 33.3 Å². The van der Waals surface area contributed by atoms with Gasteiger partial charge in [0, 0.05) is 16.7 Å². The average Bonchev–Trinajstić information content (AvgIpc) is 2.18. The van der Waals surface area contributed by atoms with E-state index in [1.807, 2.05) is 0 Å². The van der Waals surface area contributed by atoms with Crippen LogP contribution in [0.5, 0.6) is 5.75 Å². The molecule has 0 N–H and O–H groups in total. The molecule has 100 valence electrons. The maximum absolute atomic E-state index is 12.1. The Bertz CT molecular complexity index is 594. The van der Waals surface area contributed by atoms with Crippen LogP contribution in [0.2, 0.25) is 0 Å². The van der Waals surface area contributed by atoms with E-state index in [9.17, 15) is 27.3 Å². The largest absolute Gasteiger partial charge is 0.433 e.